The topological polar surface area (TPSA) is 75.3 Å². The summed E-state index contributed by atoms with van der Waals surface area (Å²) >= 11 is 0. The fourth-order valence-corrected chi connectivity index (χ4v) is 3.46. The predicted molar refractivity (Wildman–Crippen MR) is 101 cm³/mol. The quantitative estimate of drug-likeness (QED) is 0.662. The van der Waals surface area contributed by atoms with Crippen LogP contribution in [0.5, 0.6) is 0 Å². The summed E-state index contributed by atoms with van der Waals surface area (Å²) < 4.78 is 38.8. The van der Waals surface area contributed by atoms with Crippen LogP contribution in [0.3, 0.4) is 0 Å². The summed E-state index contributed by atoms with van der Waals surface area (Å²) in [4.78, 5) is 14.6. The Morgan fingerprint density at radius 2 is 1.52 bits per heavy atom. The van der Waals surface area contributed by atoms with Crippen molar-refractivity contribution in [2.24, 2.45) is 0 Å². The van der Waals surface area contributed by atoms with Gasteiger partial charge in [-0.05, 0) is 42.3 Å². The summed E-state index contributed by atoms with van der Waals surface area (Å²) in [6.07, 6.45) is 0. The number of carbonyl (C=O) groups excluding carboxylic acids is 1. The van der Waals surface area contributed by atoms with Crippen molar-refractivity contribution in [2.75, 3.05) is 0 Å². The molecule has 27 heavy (non-hydrogen) atoms. The molecule has 3 rings (SSSR count). The average molecular weight is 384 g/mol. The normalized spacial score (nSPS) is 11.2. The summed E-state index contributed by atoms with van der Waals surface area (Å²) in [5.74, 6) is -1.13. The molecule has 3 aromatic rings. The fraction of sp³-hybridized carbons (Fsp3) is 0.0500. The Morgan fingerprint density at radius 1 is 0.926 bits per heavy atom. The van der Waals surface area contributed by atoms with Gasteiger partial charge in [0.1, 0.15) is 5.82 Å². The van der Waals surface area contributed by atoms with Crippen LogP contribution in [-0.4, -0.2) is 14.3 Å². The summed E-state index contributed by atoms with van der Waals surface area (Å²) in [6, 6.07) is 19.1. The van der Waals surface area contributed by atoms with E-state index >= 15 is 0 Å². The van der Waals surface area contributed by atoms with Gasteiger partial charge in [0.05, 0.1) is 4.90 Å². The Morgan fingerprint density at radius 3 is 2.15 bits per heavy atom. The van der Waals surface area contributed by atoms with Gasteiger partial charge in [-0.2, -0.15) is 0 Å². The first kappa shape index (κ1) is 18.8. The molecule has 0 heterocycles. The molecule has 0 bridgehead atoms. The smallest absolute Gasteiger partial charge is 0.266 e. The minimum Gasteiger partial charge on any atom is -0.273 e. The number of hydrazine groups is 1. The van der Waals surface area contributed by atoms with E-state index in [1.165, 1.54) is 24.3 Å². The third-order valence-electron chi connectivity index (χ3n) is 4.00. The molecule has 5 nitrogen and oxygen atoms in total. The molecule has 7 heteroatoms. The number of rotatable bonds is 5. The standard InChI is InChI=1S/C20H17FN2O3S/c1-14-12-19(21)18(15-8-4-2-5-9-15)13-17(14)20(24)22-23-27(25,26)16-10-6-3-7-11-16/h2-13,23H,1H3,(H,22,24). The van der Waals surface area contributed by atoms with Crippen molar-refractivity contribution in [1.29, 1.82) is 0 Å². The van der Waals surface area contributed by atoms with Gasteiger partial charge in [0.15, 0.2) is 0 Å². The van der Waals surface area contributed by atoms with Crippen molar-refractivity contribution in [2.45, 2.75) is 11.8 Å². The molecule has 0 aliphatic rings. The van der Waals surface area contributed by atoms with E-state index in [4.69, 9.17) is 0 Å². The van der Waals surface area contributed by atoms with E-state index in [2.05, 4.69) is 10.3 Å². The second-order valence-electron chi connectivity index (χ2n) is 5.89. The molecule has 0 aliphatic heterocycles. The molecular formula is C20H17FN2O3S. The van der Waals surface area contributed by atoms with Crippen molar-refractivity contribution < 1.29 is 17.6 Å². The van der Waals surface area contributed by atoms with Crippen LogP contribution in [-0.2, 0) is 10.0 Å². The van der Waals surface area contributed by atoms with Crippen LogP contribution in [0.15, 0.2) is 77.7 Å². The largest absolute Gasteiger partial charge is 0.273 e. The van der Waals surface area contributed by atoms with E-state index in [1.54, 1.807) is 49.4 Å². The van der Waals surface area contributed by atoms with Crippen molar-refractivity contribution >= 4 is 15.9 Å². The number of hydrogen-bond donors (Lipinski definition) is 2. The van der Waals surface area contributed by atoms with Gasteiger partial charge in [-0.1, -0.05) is 48.5 Å². The lowest BCUT2D eigenvalue weighted by molar-refractivity contribution is 0.0944. The number of benzene rings is 3. The second kappa shape index (κ2) is 7.69. The molecule has 0 spiro atoms. The van der Waals surface area contributed by atoms with Gasteiger partial charge in [-0.3, -0.25) is 10.2 Å². The number of sulfonamides is 1. The molecule has 2 N–H and O–H groups in total. The van der Waals surface area contributed by atoms with Crippen LogP contribution < -0.4 is 10.3 Å². The summed E-state index contributed by atoms with van der Waals surface area (Å²) in [5.41, 5.74) is 3.62. The van der Waals surface area contributed by atoms with E-state index in [1.807, 2.05) is 6.07 Å². The Balaban J connectivity index is 1.85. The van der Waals surface area contributed by atoms with Gasteiger partial charge in [-0.25, -0.2) is 12.8 Å². The van der Waals surface area contributed by atoms with Gasteiger partial charge in [-0.15, -0.1) is 4.83 Å². The second-order valence-corrected chi connectivity index (χ2v) is 7.57. The lowest BCUT2D eigenvalue weighted by atomic mass is 9.99. The molecule has 0 saturated heterocycles. The third-order valence-corrected chi connectivity index (χ3v) is 5.26. The molecule has 0 radical (unpaired) electrons. The summed E-state index contributed by atoms with van der Waals surface area (Å²) in [6.45, 7) is 1.58. The highest BCUT2D eigenvalue weighted by molar-refractivity contribution is 7.89. The highest BCUT2D eigenvalue weighted by atomic mass is 32.2. The summed E-state index contributed by atoms with van der Waals surface area (Å²) in [5, 5.41) is 0. The maximum atomic E-state index is 14.3. The van der Waals surface area contributed by atoms with Gasteiger partial charge < -0.3 is 0 Å². The van der Waals surface area contributed by atoms with Crippen LogP contribution in [0.1, 0.15) is 15.9 Å². The minimum absolute atomic E-state index is 0.0195. The Bertz CT molecular complexity index is 1070. The zero-order chi connectivity index (χ0) is 19.4. The number of aryl methyl sites for hydroxylation is 1. The van der Waals surface area contributed by atoms with Crippen LogP contribution in [0.2, 0.25) is 0 Å². The number of halogens is 1. The molecule has 138 valence electrons. The Labute approximate surface area is 156 Å². The molecule has 1 amide bonds. The van der Waals surface area contributed by atoms with E-state index < -0.39 is 21.7 Å². The van der Waals surface area contributed by atoms with Crippen LogP contribution in [0.4, 0.5) is 4.39 Å². The predicted octanol–water partition coefficient (Wildman–Crippen LogP) is 3.42. The summed E-state index contributed by atoms with van der Waals surface area (Å²) in [7, 11) is -3.90. The van der Waals surface area contributed by atoms with Crippen molar-refractivity contribution in [3.8, 4) is 11.1 Å². The lowest BCUT2D eigenvalue weighted by Crippen LogP contribution is -2.41. The van der Waals surface area contributed by atoms with E-state index in [0.29, 0.717) is 11.1 Å². The molecule has 0 atom stereocenters. The van der Waals surface area contributed by atoms with Crippen LogP contribution in [0.25, 0.3) is 11.1 Å². The first-order chi connectivity index (χ1) is 12.9. The molecular weight excluding hydrogens is 367 g/mol. The molecule has 3 aromatic carbocycles. The third kappa shape index (κ3) is 4.21. The van der Waals surface area contributed by atoms with Gasteiger partial charge in [0.25, 0.3) is 15.9 Å². The molecule has 0 aliphatic carbocycles. The Kier molecular flexibility index (Phi) is 5.34. The van der Waals surface area contributed by atoms with Crippen molar-refractivity contribution in [3.63, 3.8) is 0 Å². The molecule has 0 unspecified atom stereocenters. The minimum atomic E-state index is -3.90. The van der Waals surface area contributed by atoms with E-state index in [0.717, 1.165) is 0 Å². The highest BCUT2D eigenvalue weighted by Gasteiger charge is 2.18. The average Bonchev–Trinajstić information content (AvgIpc) is 2.68. The molecule has 0 saturated carbocycles. The van der Waals surface area contributed by atoms with Crippen molar-refractivity contribution in [3.05, 3.63) is 89.7 Å². The first-order valence-corrected chi connectivity index (χ1v) is 9.59. The SMILES string of the molecule is Cc1cc(F)c(-c2ccccc2)cc1C(=O)NNS(=O)(=O)c1ccccc1. The first-order valence-electron chi connectivity index (χ1n) is 8.11. The van der Waals surface area contributed by atoms with Crippen LogP contribution in [0, 0.1) is 12.7 Å². The zero-order valence-corrected chi connectivity index (χ0v) is 15.3. The van der Waals surface area contributed by atoms with Crippen molar-refractivity contribution in [1.82, 2.24) is 10.3 Å². The van der Waals surface area contributed by atoms with E-state index in [9.17, 15) is 17.6 Å². The van der Waals surface area contributed by atoms with Gasteiger partial charge >= 0.3 is 0 Å². The molecule has 0 fully saturated rings. The number of nitrogens with one attached hydrogen (secondary N) is 2. The monoisotopic (exact) mass is 384 g/mol. The van der Waals surface area contributed by atoms with Gasteiger partial charge in [0, 0.05) is 11.1 Å². The number of hydrogen-bond acceptors (Lipinski definition) is 3. The van der Waals surface area contributed by atoms with E-state index in [-0.39, 0.29) is 16.0 Å². The fourth-order valence-electron chi connectivity index (χ4n) is 2.60. The Hall–Kier alpha value is -3.03. The van der Waals surface area contributed by atoms with Crippen LogP contribution >= 0.6 is 0 Å². The zero-order valence-electron chi connectivity index (χ0n) is 14.4. The van der Waals surface area contributed by atoms with Gasteiger partial charge in [0.2, 0.25) is 0 Å². The number of carbonyl (C=O) groups is 1. The maximum Gasteiger partial charge on any atom is 0.266 e. The maximum absolute atomic E-state index is 14.3. The molecule has 0 aromatic heterocycles. The number of amides is 1. The lowest BCUT2D eigenvalue weighted by Gasteiger charge is -2.12. The highest BCUT2D eigenvalue weighted by Crippen LogP contribution is 2.26.